The van der Waals surface area contributed by atoms with E-state index in [-0.39, 0.29) is 5.60 Å². The Bertz CT molecular complexity index is 336. The molecule has 0 amide bonds. The summed E-state index contributed by atoms with van der Waals surface area (Å²) < 4.78 is 5.31. The van der Waals surface area contributed by atoms with Crippen LogP contribution in [0.25, 0.3) is 0 Å². The van der Waals surface area contributed by atoms with E-state index >= 15 is 0 Å². The molecule has 0 aliphatic rings. The van der Waals surface area contributed by atoms with Gasteiger partial charge in [-0.2, -0.15) is 5.26 Å². The van der Waals surface area contributed by atoms with Crippen molar-refractivity contribution in [2.45, 2.75) is 19.4 Å². The molecule has 1 aromatic rings. The summed E-state index contributed by atoms with van der Waals surface area (Å²) in [6.07, 6.45) is 0. The van der Waals surface area contributed by atoms with E-state index in [0.717, 1.165) is 5.56 Å². The Kier molecular flexibility index (Phi) is 2.69. The third kappa shape index (κ3) is 2.07. The number of nitrogens with zero attached hydrogens (tertiary/aromatic N) is 1. The third-order valence-electron chi connectivity index (χ3n) is 2.20. The van der Waals surface area contributed by atoms with Crippen molar-refractivity contribution in [3.05, 3.63) is 35.4 Å². The molecule has 0 aliphatic heterocycles. The van der Waals surface area contributed by atoms with Crippen LogP contribution in [0.2, 0.25) is 0 Å². The molecule has 1 aromatic carbocycles. The van der Waals surface area contributed by atoms with Crippen molar-refractivity contribution in [3.8, 4) is 6.07 Å². The van der Waals surface area contributed by atoms with Crippen LogP contribution >= 0.6 is 0 Å². The predicted molar refractivity (Wildman–Crippen MR) is 51.2 cm³/mol. The SMILES string of the molecule is COC(C)(C)c1cccc(C#N)c1. The Morgan fingerprint density at radius 1 is 1.38 bits per heavy atom. The van der Waals surface area contributed by atoms with Gasteiger partial charge in [0, 0.05) is 7.11 Å². The monoisotopic (exact) mass is 175 g/mol. The lowest BCUT2D eigenvalue weighted by atomic mass is 9.96. The molecule has 0 atom stereocenters. The van der Waals surface area contributed by atoms with Gasteiger partial charge in [0.1, 0.15) is 0 Å². The standard InChI is InChI=1S/C11H13NO/c1-11(2,13-3)10-6-4-5-9(7-10)8-12/h4-7H,1-3H3. The molecule has 2 heteroatoms. The van der Waals surface area contributed by atoms with Gasteiger partial charge in [0.05, 0.1) is 17.2 Å². The second-order valence-electron chi connectivity index (χ2n) is 3.41. The number of rotatable bonds is 2. The van der Waals surface area contributed by atoms with Crippen molar-refractivity contribution < 1.29 is 4.74 Å². The smallest absolute Gasteiger partial charge is 0.0991 e. The normalized spacial score (nSPS) is 10.9. The number of ether oxygens (including phenoxy) is 1. The maximum atomic E-state index is 8.71. The molecule has 13 heavy (non-hydrogen) atoms. The number of hydrogen-bond donors (Lipinski definition) is 0. The molecule has 0 aromatic heterocycles. The molecule has 0 unspecified atom stereocenters. The van der Waals surface area contributed by atoms with E-state index in [1.165, 1.54) is 0 Å². The molecule has 0 saturated heterocycles. The zero-order valence-electron chi connectivity index (χ0n) is 8.16. The van der Waals surface area contributed by atoms with E-state index in [1.807, 2.05) is 32.0 Å². The highest BCUT2D eigenvalue weighted by atomic mass is 16.5. The molecule has 2 nitrogen and oxygen atoms in total. The van der Waals surface area contributed by atoms with E-state index < -0.39 is 0 Å². The van der Waals surface area contributed by atoms with Crippen LogP contribution in [-0.4, -0.2) is 7.11 Å². The highest BCUT2D eigenvalue weighted by molar-refractivity contribution is 5.35. The molecule has 1 rings (SSSR count). The summed E-state index contributed by atoms with van der Waals surface area (Å²) in [5.41, 5.74) is 1.36. The lowest BCUT2D eigenvalue weighted by Crippen LogP contribution is -2.19. The fourth-order valence-electron chi connectivity index (χ4n) is 1.08. The fourth-order valence-corrected chi connectivity index (χ4v) is 1.08. The molecule has 0 N–H and O–H groups in total. The summed E-state index contributed by atoms with van der Waals surface area (Å²) in [6, 6.07) is 9.58. The first-order valence-electron chi connectivity index (χ1n) is 4.16. The number of nitriles is 1. The van der Waals surface area contributed by atoms with Crippen LogP contribution in [0.5, 0.6) is 0 Å². The quantitative estimate of drug-likeness (QED) is 0.691. The molecular formula is C11H13NO. The minimum absolute atomic E-state index is 0.327. The minimum Gasteiger partial charge on any atom is -0.374 e. The predicted octanol–water partition coefficient (Wildman–Crippen LogP) is 2.44. The fraction of sp³-hybridized carbons (Fsp3) is 0.364. The average molecular weight is 175 g/mol. The first-order chi connectivity index (χ1) is 6.10. The molecule has 0 radical (unpaired) electrons. The van der Waals surface area contributed by atoms with Gasteiger partial charge in [0.15, 0.2) is 0 Å². The van der Waals surface area contributed by atoms with Crippen LogP contribution in [-0.2, 0) is 10.3 Å². The maximum absolute atomic E-state index is 8.71. The lowest BCUT2D eigenvalue weighted by molar-refractivity contribution is 0.0192. The first-order valence-corrected chi connectivity index (χ1v) is 4.16. The zero-order valence-corrected chi connectivity index (χ0v) is 8.16. The van der Waals surface area contributed by atoms with Crippen molar-refractivity contribution in [3.63, 3.8) is 0 Å². The largest absolute Gasteiger partial charge is 0.374 e. The molecule has 68 valence electrons. The second-order valence-corrected chi connectivity index (χ2v) is 3.41. The number of hydrogen-bond acceptors (Lipinski definition) is 2. The molecule has 0 saturated carbocycles. The minimum atomic E-state index is -0.327. The van der Waals surface area contributed by atoms with Crippen molar-refractivity contribution in [2.75, 3.05) is 7.11 Å². The third-order valence-corrected chi connectivity index (χ3v) is 2.20. The van der Waals surface area contributed by atoms with Gasteiger partial charge in [0.2, 0.25) is 0 Å². The molecule has 0 heterocycles. The van der Waals surface area contributed by atoms with E-state index in [2.05, 4.69) is 6.07 Å². The highest BCUT2D eigenvalue weighted by Gasteiger charge is 2.19. The van der Waals surface area contributed by atoms with Crippen LogP contribution in [0, 0.1) is 11.3 Å². The van der Waals surface area contributed by atoms with Gasteiger partial charge in [-0.15, -0.1) is 0 Å². The van der Waals surface area contributed by atoms with Crippen molar-refractivity contribution in [1.82, 2.24) is 0 Å². The van der Waals surface area contributed by atoms with Gasteiger partial charge in [-0.05, 0) is 31.5 Å². The number of methoxy groups -OCH3 is 1. The van der Waals surface area contributed by atoms with E-state index in [0.29, 0.717) is 5.56 Å². The summed E-state index contributed by atoms with van der Waals surface area (Å²) in [7, 11) is 1.67. The van der Waals surface area contributed by atoms with Crippen LogP contribution < -0.4 is 0 Å². The van der Waals surface area contributed by atoms with Gasteiger partial charge in [-0.3, -0.25) is 0 Å². The molecule has 0 aliphatic carbocycles. The van der Waals surface area contributed by atoms with Crippen LogP contribution in [0.3, 0.4) is 0 Å². The Labute approximate surface area is 78.8 Å². The highest BCUT2D eigenvalue weighted by Crippen LogP contribution is 2.23. The number of benzene rings is 1. The summed E-state index contributed by atoms with van der Waals surface area (Å²) in [4.78, 5) is 0. The van der Waals surface area contributed by atoms with E-state index in [4.69, 9.17) is 10.00 Å². The van der Waals surface area contributed by atoms with Crippen LogP contribution in [0.4, 0.5) is 0 Å². The van der Waals surface area contributed by atoms with Crippen LogP contribution in [0.15, 0.2) is 24.3 Å². The Hall–Kier alpha value is -1.33. The van der Waals surface area contributed by atoms with Gasteiger partial charge in [-0.25, -0.2) is 0 Å². The second kappa shape index (κ2) is 3.59. The summed E-state index contributed by atoms with van der Waals surface area (Å²) in [5, 5.41) is 8.71. The summed E-state index contributed by atoms with van der Waals surface area (Å²) in [5.74, 6) is 0. The Morgan fingerprint density at radius 2 is 2.08 bits per heavy atom. The molecule has 0 fully saturated rings. The van der Waals surface area contributed by atoms with Crippen molar-refractivity contribution in [1.29, 1.82) is 5.26 Å². The maximum Gasteiger partial charge on any atom is 0.0991 e. The van der Waals surface area contributed by atoms with Gasteiger partial charge >= 0.3 is 0 Å². The first kappa shape index (κ1) is 9.76. The topological polar surface area (TPSA) is 33.0 Å². The Balaban J connectivity index is 3.10. The van der Waals surface area contributed by atoms with Gasteiger partial charge in [-0.1, -0.05) is 12.1 Å². The zero-order chi connectivity index (χ0) is 9.90. The van der Waals surface area contributed by atoms with E-state index in [9.17, 15) is 0 Å². The average Bonchev–Trinajstić information content (AvgIpc) is 2.18. The van der Waals surface area contributed by atoms with Gasteiger partial charge < -0.3 is 4.74 Å². The van der Waals surface area contributed by atoms with Crippen molar-refractivity contribution in [2.24, 2.45) is 0 Å². The van der Waals surface area contributed by atoms with Crippen molar-refractivity contribution >= 4 is 0 Å². The van der Waals surface area contributed by atoms with Crippen LogP contribution in [0.1, 0.15) is 25.0 Å². The summed E-state index contributed by atoms with van der Waals surface area (Å²) >= 11 is 0. The molecule has 0 bridgehead atoms. The lowest BCUT2D eigenvalue weighted by Gasteiger charge is -2.23. The molecule has 0 spiro atoms. The van der Waals surface area contributed by atoms with E-state index in [1.54, 1.807) is 13.2 Å². The Morgan fingerprint density at radius 3 is 2.62 bits per heavy atom. The summed E-state index contributed by atoms with van der Waals surface area (Å²) in [6.45, 7) is 3.95. The van der Waals surface area contributed by atoms with Gasteiger partial charge in [0.25, 0.3) is 0 Å². The molecular weight excluding hydrogens is 162 g/mol.